The average molecular weight is 322 g/mol. The molecule has 0 atom stereocenters. The lowest BCUT2D eigenvalue weighted by molar-refractivity contribution is 0.102. The van der Waals surface area contributed by atoms with Gasteiger partial charge in [-0.3, -0.25) is 4.79 Å². The number of aromatic hydroxyl groups is 1. The smallest absolute Gasteiger partial charge is 0.178 e. The number of hydrogen-bond acceptors (Lipinski definition) is 3. The molecular formula is C9H5ClINO2. The van der Waals surface area contributed by atoms with Gasteiger partial charge in [0.2, 0.25) is 0 Å². The van der Waals surface area contributed by atoms with Crippen LogP contribution >= 0.6 is 34.2 Å². The predicted molar refractivity (Wildman–Crippen MR) is 60.6 cm³/mol. The van der Waals surface area contributed by atoms with Gasteiger partial charge in [0, 0.05) is 5.56 Å². The number of phenols is 1. The molecule has 1 aromatic carbocycles. The number of halogens is 2. The molecule has 0 radical (unpaired) electrons. The van der Waals surface area contributed by atoms with Crippen LogP contribution in [0.4, 0.5) is 0 Å². The van der Waals surface area contributed by atoms with E-state index in [0.717, 1.165) is 0 Å². The first-order chi connectivity index (χ1) is 6.60. The molecule has 0 unspecified atom stereocenters. The summed E-state index contributed by atoms with van der Waals surface area (Å²) in [6.45, 7) is 0. The van der Waals surface area contributed by atoms with Crippen LogP contribution < -0.4 is 0 Å². The van der Waals surface area contributed by atoms with Crippen LogP contribution in [0, 0.1) is 14.9 Å². The van der Waals surface area contributed by atoms with E-state index >= 15 is 0 Å². The number of ketones is 1. The highest BCUT2D eigenvalue weighted by atomic mass is 127. The summed E-state index contributed by atoms with van der Waals surface area (Å²) >= 11 is 7.26. The van der Waals surface area contributed by atoms with Gasteiger partial charge in [-0.05, 0) is 34.7 Å². The number of carbonyl (C=O) groups excluding carboxylic acids is 1. The number of nitrogens with zero attached hydrogens (tertiary/aromatic N) is 1. The second-order valence-electron chi connectivity index (χ2n) is 2.52. The molecule has 0 aliphatic carbocycles. The Morgan fingerprint density at radius 3 is 2.79 bits per heavy atom. The molecule has 0 heterocycles. The average Bonchev–Trinajstić information content (AvgIpc) is 2.20. The molecule has 1 N–H and O–H groups in total. The highest BCUT2D eigenvalue weighted by Gasteiger charge is 2.13. The third kappa shape index (κ3) is 2.16. The number of nitriles is 1. The fourth-order valence-electron chi connectivity index (χ4n) is 0.957. The number of benzene rings is 1. The molecule has 1 aromatic rings. The van der Waals surface area contributed by atoms with Crippen molar-refractivity contribution in [1.82, 2.24) is 0 Å². The van der Waals surface area contributed by atoms with Crippen molar-refractivity contribution in [2.24, 2.45) is 0 Å². The molecule has 1 rings (SSSR count). The summed E-state index contributed by atoms with van der Waals surface area (Å²) in [5.41, 5.74) is 0.401. The van der Waals surface area contributed by atoms with Gasteiger partial charge >= 0.3 is 0 Å². The number of phenolic OH excluding ortho intramolecular Hbond substituents is 1. The molecule has 3 nitrogen and oxygen atoms in total. The Morgan fingerprint density at radius 2 is 2.29 bits per heavy atom. The zero-order chi connectivity index (χ0) is 10.7. The Balaban J connectivity index is 3.36. The molecule has 5 heteroatoms. The van der Waals surface area contributed by atoms with E-state index in [4.69, 9.17) is 16.9 Å². The van der Waals surface area contributed by atoms with Gasteiger partial charge < -0.3 is 5.11 Å². The Hall–Kier alpha value is -0.800. The van der Waals surface area contributed by atoms with E-state index in [9.17, 15) is 9.90 Å². The van der Waals surface area contributed by atoms with Gasteiger partial charge in [0.1, 0.15) is 11.8 Å². The number of alkyl halides is 1. The predicted octanol–water partition coefficient (Wildman–Crippen LogP) is 2.29. The van der Waals surface area contributed by atoms with Crippen molar-refractivity contribution in [3.05, 3.63) is 26.8 Å². The standard InChI is InChI=1S/C9H5ClINO2/c10-3-9(14)6-2-7(11)8(13)1-5(6)4-12/h1-2,13H,3H2. The first-order valence-electron chi connectivity index (χ1n) is 3.62. The van der Waals surface area contributed by atoms with Crippen molar-refractivity contribution < 1.29 is 9.90 Å². The normalized spacial score (nSPS) is 9.50. The van der Waals surface area contributed by atoms with Gasteiger partial charge in [-0.25, -0.2) is 0 Å². The van der Waals surface area contributed by atoms with Gasteiger partial charge in [-0.1, -0.05) is 0 Å². The maximum Gasteiger partial charge on any atom is 0.178 e. The molecule has 0 saturated carbocycles. The number of rotatable bonds is 2. The maximum absolute atomic E-state index is 11.3. The van der Waals surface area contributed by atoms with E-state index < -0.39 is 0 Å². The van der Waals surface area contributed by atoms with Crippen molar-refractivity contribution in [1.29, 1.82) is 5.26 Å². The molecule has 0 aliphatic heterocycles. The second kappa shape index (κ2) is 4.62. The lowest BCUT2D eigenvalue weighted by atomic mass is 10.1. The van der Waals surface area contributed by atoms with Gasteiger partial charge in [-0.15, -0.1) is 11.6 Å². The van der Waals surface area contributed by atoms with Crippen molar-refractivity contribution in [2.75, 3.05) is 5.88 Å². The summed E-state index contributed by atoms with van der Waals surface area (Å²) in [6.07, 6.45) is 0. The zero-order valence-electron chi connectivity index (χ0n) is 6.92. The van der Waals surface area contributed by atoms with E-state index in [0.29, 0.717) is 3.57 Å². The molecule has 0 spiro atoms. The summed E-state index contributed by atoms with van der Waals surface area (Å²) in [4.78, 5) is 11.3. The Bertz CT molecular complexity index is 426. The number of carbonyl (C=O) groups is 1. The van der Waals surface area contributed by atoms with Crippen LogP contribution in [0.1, 0.15) is 15.9 Å². The topological polar surface area (TPSA) is 61.1 Å². The van der Waals surface area contributed by atoms with E-state index in [1.165, 1.54) is 12.1 Å². The molecule has 0 fully saturated rings. The molecule has 0 aliphatic rings. The lowest BCUT2D eigenvalue weighted by Gasteiger charge is -2.03. The SMILES string of the molecule is N#Cc1cc(O)c(I)cc1C(=O)CCl. The summed E-state index contributed by atoms with van der Waals surface area (Å²) < 4.78 is 0.523. The minimum atomic E-state index is -0.318. The van der Waals surface area contributed by atoms with Crippen molar-refractivity contribution in [2.45, 2.75) is 0 Å². The third-order valence-corrected chi connectivity index (χ3v) is 2.74. The molecule has 14 heavy (non-hydrogen) atoms. The Labute approximate surface area is 99.4 Å². The quantitative estimate of drug-likeness (QED) is 0.516. The van der Waals surface area contributed by atoms with Gasteiger partial charge in [-0.2, -0.15) is 5.26 Å². The van der Waals surface area contributed by atoms with Crippen LogP contribution in [0.3, 0.4) is 0 Å². The fraction of sp³-hybridized carbons (Fsp3) is 0.111. The fourth-order valence-corrected chi connectivity index (χ4v) is 1.57. The minimum Gasteiger partial charge on any atom is -0.507 e. The third-order valence-electron chi connectivity index (χ3n) is 1.63. The molecule has 0 bridgehead atoms. The van der Waals surface area contributed by atoms with Crippen molar-refractivity contribution in [3.63, 3.8) is 0 Å². The van der Waals surface area contributed by atoms with E-state index in [-0.39, 0.29) is 28.5 Å². The van der Waals surface area contributed by atoms with Crippen LogP contribution in [-0.4, -0.2) is 16.8 Å². The van der Waals surface area contributed by atoms with Gasteiger partial charge in [0.05, 0.1) is 15.0 Å². The zero-order valence-corrected chi connectivity index (χ0v) is 9.83. The molecule has 0 saturated heterocycles. The highest BCUT2D eigenvalue weighted by molar-refractivity contribution is 14.1. The largest absolute Gasteiger partial charge is 0.507 e. The van der Waals surface area contributed by atoms with Gasteiger partial charge in [0.25, 0.3) is 0 Å². The Kier molecular flexibility index (Phi) is 3.72. The summed E-state index contributed by atoms with van der Waals surface area (Å²) in [6, 6.07) is 4.56. The molecule has 72 valence electrons. The van der Waals surface area contributed by atoms with Crippen molar-refractivity contribution in [3.8, 4) is 11.8 Å². The summed E-state index contributed by atoms with van der Waals surface area (Å²) in [5.74, 6) is -0.496. The van der Waals surface area contributed by atoms with Crippen LogP contribution in [0.25, 0.3) is 0 Å². The van der Waals surface area contributed by atoms with E-state index in [2.05, 4.69) is 0 Å². The molecule has 0 amide bonds. The van der Waals surface area contributed by atoms with Crippen LogP contribution in [0.2, 0.25) is 0 Å². The first kappa shape index (κ1) is 11.3. The first-order valence-corrected chi connectivity index (χ1v) is 5.23. The monoisotopic (exact) mass is 321 g/mol. The molecular weight excluding hydrogens is 316 g/mol. The van der Waals surface area contributed by atoms with Crippen LogP contribution in [0.5, 0.6) is 5.75 Å². The van der Waals surface area contributed by atoms with E-state index in [1.807, 2.05) is 28.7 Å². The van der Waals surface area contributed by atoms with E-state index in [1.54, 1.807) is 0 Å². The minimum absolute atomic E-state index is 0.00623. The van der Waals surface area contributed by atoms with Crippen LogP contribution in [0.15, 0.2) is 12.1 Å². The molecule has 0 aromatic heterocycles. The van der Waals surface area contributed by atoms with Gasteiger partial charge in [0.15, 0.2) is 5.78 Å². The van der Waals surface area contributed by atoms with Crippen molar-refractivity contribution >= 4 is 40.0 Å². The van der Waals surface area contributed by atoms with Crippen LogP contribution in [-0.2, 0) is 0 Å². The number of Topliss-reactive ketones (excluding diaryl/α,β-unsaturated/α-hetero) is 1. The summed E-state index contributed by atoms with van der Waals surface area (Å²) in [5, 5.41) is 18.0. The second-order valence-corrected chi connectivity index (χ2v) is 3.95. The number of hydrogen-bond donors (Lipinski definition) is 1. The summed E-state index contributed by atoms with van der Waals surface area (Å²) in [7, 11) is 0. The lowest BCUT2D eigenvalue weighted by Crippen LogP contribution is -2.03. The Morgan fingerprint density at radius 1 is 1.64 bits per heavy atom. The maximum atomic E-state index is 11.3. The highest BCUT2D eigenvalue weighted by Crippen LogP contribution is 2.24.